The van der Waals surface area contributed by atoms with Crippen LogP contribution in [0.2, 0.25) is 0 Å². The molecule has 0 bridgehead atoms. The molecule has 1 amide bonds. The average molecular weight is 277 g/mol. The number of carbonyl (C=O) groups excluding carboxylic acids is 1. The summed E-state index contributed by atoms with van der Waals surface area (Å²) in [4.78, 5) is 12.1. The van der Waals surface area contributed by atoms with Gasteiger partial charge in [-0.2, -0.15) is 5.10 Å². The molecule has 0 aliphatic heterocycles. The van der Waals surface area contributed by atoms with Crippen LogP contribution in [0.15, 0.2) is 36.7 Å². The van der Waals surface area contributed by atoms with Crippen LogP contribution in [0.5, 0.6) is 0 Å². The van der Waals surface area contributed by atoms with Gasteiger partial charge in [-0.05, 0) is 25.1 Å². The van der Waals surface area contributed by atoms with E-state index in [0.29, 0.717) is 6.54 Å². The molecule has 0 radical (unpaired) electrons. The first-order valence-corrected chi connectivity index (χ1v) is 6.15. The van der Waals surface area contributed by atoms with Crippen molar-refractivity contribution >= 4 is 11.6 Å². The van der Waals surface area contributed by atoms with E-state index in [9.17, 15) is 9.18 Å². The summed E-state index contributed by atoms with van der Waals surface area (Å²) in [5.41, 5.74) is 2.36. The molecule has 6 nitrogen and oxygen atoms in total. The van der Waals surface area contributed by atoms with Crippen LogP contribution in [0.1, 0.15) is 17.3 Å². The molecule has 7 heteroatoms. The molecular weight excluding hydrogens is 261 g/mol. The molecule has 20 heavy (non-hydrogen) atoms. The summed E-state index contributed by atoms with van der Waals surface area (Å²) in [6, 6.07) is 5.85. The van der Waals surface area contributed by atoms with Crippen molar-refractivity contribution in [2.45, 2.75) is 19.5 Å². The van der Waals surface area contributed by atoms with Gasteiger partial charge in [0.25, 0.3) is 5.91 Å². The minimum atomic E-state index is -0.570. The number of hydrogen-bond acceptors (Lipinski definition) is 4. The number of hydrogen-bond donors (Lipinski definition) is 3. The summed E-state index contributed by atoms with van der Waals surface area (Å²) in [6.45, 7) is 2.37. The molecule has 1 unspecified atom stereocenters. The van der Waals surface area contributed by atoms with Crippen molar-refractivity contribution in [3.63, 3.8) is 0 Å². The van der Waals surface area contributed by atoms with E-state index in [-0.39, 0.29) is 17.3 Å². The fraction of sp³-hybridized carbons (Fsp3) is 0.231. The van der Waals surface area contributed by atoms with Gasteiger partial charge >= 0.3 is 0 Å². The number of rotatable bonds is 5. The standard InChI is InChI=1S/C13H16FN5O/c1-9(8-19-7-3-6-16-19)17-13(20)10-4-2-5-11(14)12(10)18-15/h2-7,9,18H,8,15H2,1H3,(H,17,20). The highest BCUT2D eigenvalue weighted by atomic mass is 19.1. The molecule has 2 aromatic rings. The second kappa shape index (κ2) is 6.16. The van der Waals surface area contributed by atoms with Crippen LogP contribution in [0.3, 0.4) is 0 Å². The van der Waals surface area contributed by atoms with Crippen molar-refractivity contribution in [1.29, 1.82) is 0 Å². The Kier molecular flexibility index (Phi) is 4.31. The SMILES string of the molecule is CC(Cn1cccn1)NC(=O)c1cccc(F)c1NN. The van der Waals surface area contributed by atoms with Gasteiger partial charge in [0, 0.05) is 18.4 Å². The summed E-state index contributed by atoms with van der Waals surface area (Å²) in [6.07, 6.45) is 3.47. The molecule has 0 saturated carbocycles. The van der Waals surface area contributed by atoms with Crippen LogP contribution in [0.4, 0.5) is 10.1 Å². The van der Waals surface area contributed by atoms with Gasteiger partial charge in [-0.25, -0.2) is 4.39 Å². The summed E-state index contributed by atoms with van der Waals surface area (Å²) in [5.74, 6) is 4.28. The van der Waals surface area contributed by atoms with Crippen molar-refractivity contribution in [2.75, 3.05) is 5.43 Å². The van der Waals surface area contributed by atoms with Gasteiger partial charge in [-0.3, -0.25) is 15.3 Å². The number of anilines is 1. The first kappa shape index (κ1) is 14.0. The molecular formula is C13H16FN5O. The van der Waals surface area contributed by atoms with Gasteiger partial charge in [0.05, 0.1) is 17.8 Å². The average Bonchev–Trinajstić information content (AvgIpc) is 2.90. The van der Waals surface area contributed by atoms with E-state index < -0.39 is 11.7 Å². The Morgan fingerprint density at radius 2 is 2.30 bits per heavy atom. The second-order valence-electron chi connectivity index (χ2n) is 4.41. The molecule has 1 aromatic carbocycles. The molecule has 106 valence electrons. The van der Waals surface area contributed by atoms with Crippen molar-refractivity contribution in [3.05, 3.63) is 48.0 Å². The van der Waals surface area contributed by atoms with Gasteiger partial charge in [0.2, 0.25) is 0 Å². The molecule has 0 aliphatic carbocycles. The lowest BCUT2D eigenvalue weighted by Crippen LogP contribution is -2.36. The number of hydrazine groups is 1. The Bertz CT molecular complexity index is 584. The highest BCUT2D eigenvalue weighted by Gasteiger charge is 2.16. The van der Waals surface area contributed by atoms with Crippen molar-refractivity contribution in [1.82, 2.24) is 15.1 Å². The third-order valence-corrected chi connectivity index (χ3v) is 2.80. The molecule has 0 saturated heterocycles. The monoisotopic (exact) mass is 277 g/mol. The highest BCUT2D eigenvalue weighted by molar-refractivity contribution is 5.99. The maximum Gasteiger partial charge on any atom is 0.253 e. The van der Waals surface area contributed by atoms with Crippen LogP contribution >= 0.6 is 0 Å². The van der Waals surface area contributed by atoms with E-state index in [1.54, 1.807) is 23.1 Å². The number of para-hydroxylation sites is 1. The number of aromatic nitrogens is 2. The lowest BCUT2D eigenvalue weighted by Gasteiger charge is -2.15. The third-order valence-electron chi connectivity index (χ3n) is 2.80. The first-order valence-electron chi connectivity index (χ1n) is 6.15. The zero-order valence-electron chi connectivity index (χ0n) is 11.0. The minimum absolute atomic E-state index is 0.0173. The number of nitrogens with two attached hydrogens (primary N) is 1. The predicted molar refractivity (Wildman–Crippen MR) is 73.4 cm³/mol. The zero-order chi connectivity index (χ0) is 14.5. The van der Waals surface area contributed by atoms with Gasteiger partial charge in [0.1, 0.15) is 5.82 Å². The lowest BCUT2D eigenvalue weighted by atomic mass is 10.1. The summed E-state index contributed by atoms with van der Waals surface area (Å²) < 4.78 is 15.2. The zero-order valence-corrected chi connectivity index (χ0v) is 11.0. The quantitative estimate of drug-likeness (QED) is 0.565. The van der Waals surface area contributed by atoms with E-state index in [1.165, 1.54) is 18.2 Å². The van der Waals surface area contributed by atoms with Crippen LogP contribution < -0.4 is 16.6 Å². The van der Waals surface area contributed by atoms with E-state index in [4.69, 9.17) is 5.84 Å². The number of nitrogen functional groups attached to an aromatic ring is 1. The molecule has 1 atom stereocenters. The maximum atomic E-state index is 13.5. The van der Waals surface area contributed by atoms with E-state index in [2.05, 4.69) is 15.8 Å². The molecule has 0 spiro atoms. The third kappa shape index (κ3) is 3.12. The minimum Gasteiger partial charge on any atom is -0.348 e. The number of nitrogens with zero attached hydrogens (tertiary/aromatic N) is 2. The molecule has 0 fully saturated rings. The Hall–Kier alpha value is -2.41. The topological polar surface area (TPSA) is 85.0 Å². The summed E-state index contributed by atoms with van der Waals surface area (Å²) in [5, 5.41) is 6.83. The van der Waals surface area contributed by atoms with E-state index in [0.717, 1.165) is 0 Å². The number of halogens is 1. The molecule has 1 heterocycles. The van der Waals surface area contributed by atoms with Crippen molar-refractivity contribution in [2.24, 2.45) is 5.84 Å². The number of benzene rings is 1. The van der Waals surface area contributed by atoms with Crippen LogP contribution in [0, 0.1) is 5.82 Å². The van der Waals surface area contributed by atoms with Gasteiger partial charge in [-0.1, -0.05) is 6.07 Å². The smallest absolute Gasteiger partial charge is 0.253 e. The fourth-order valence-electron chi connectivity index (χ4n) is 1.90. The summed E-state index contributed by atoms with van der Waals surface area (Å²) >= 11 is 0. The maximum absolute atomic E-state index is 13.5. The van der Waals surface area contributed by atoms with Gasteiger partial charge in [0.15, 0.2) is 0 Å². The molecule has 2 rings (SSSR count). The Balaban J connectivity index is 2.06. The molecule has 4 N–H and O–H groups in total. The number of carbonyl (C=O) groups is 1. The van der Waals surface area contributed by atoms with E-state index >= 15 is 0 Å². The lowest BCUT2D eigenvalue weighted by molar-refractivity contribution is 0.0936. The second-order valence-corrected chi connectivity index (χ2v) is 4.41. The Morgan fingerprint density at radius 3 is 2.95 bits per heavy atom. The van der Waals surface area contributed by atoms with Crippen LogP contribution in [-0.2, 0) is 6.54 Å². The fourth-order valence-corrected chi connectivity index (χ4v) is 1.90. The first-order chi connectivity index (χ1) is 9.61. The highest BCUT2D eigenvalue weighted by Crippen LogP contribution is 2.18. The molecule has 1 aromatic heterocycles. The Morgan fingerprint density at radius 1 is 1.50 bits per heavy atom. The van der Waals surface area contributed by atoms with Gasteiger partial charge < -0.3 is 10.7 Å². The van der Waals surface area contributed by atoms with Crippen LogP contribution in [-0.4, -0.2) is 21.7 Å². The normalized spacial score (nSPS) is 11.9. The largest absolute Gasteiger partial charge is 0.348 e. The van der Waals surface area contributed by atoms with Crippen molar-refractivity contribution in [3.8, 4) is 0 Å². The number of nitrogens with one attached hydrogen (secondary N) is 2. The van der Waals surface area contributed by atoms with Crippen LogP contribution in [0.25, 0.3) is 0 Å². The summed E-state index contributed by atoms with van der Waals surface area (Å²) in [7, 11) is 0. The Labute approximate surface area is 115 Å². The molecule has 0 aliphatic rings. The van der Waals surface area contributed by atoms with Gasteiger partial charge in [-0.15, -0.1) is 0 Å². The predicted octanol–water partition coefficient (Wildman–Crippen LogP) is 1.13. The van der Waals surface area contributed by atoms with E-state index in [1.807, 2.05) is 6.92 Å². The van der Waals surface area contributed by atoms with Crippen molar-refractivity contribution < 1.29 is 9.18 Å². The number of amides is 1.